The highest BCUT2D eigenvalue weighted by atomic mass is 19.2. The van der Waals surface area contributed by atoms with Gasteiger partial charge in [-0.1, -0.05) is 12.2 Å². The summed E-state index contributed by atoms with van der Waals surface area (Å²) in [5, 5.41) is 0. The van der Waals surface area contributed by atoms with Crippen LogP contribution in [0.25, 0.3) is 6.08 Å². The van der Waals surface area contributed by atoms with E-state index in [1.165, 1.54) is 0 Å². The second kappa shape index (κ2) is 8.89. The molecule has 1 saturated heterocycles. The van der Waals surface area contributed by atoms with Crippen molar-refractivity contribution in [3.05, 3.63) is 41.0 Å². The van der Waals surface area contributed by atoms with E-state index in [1.807, 2.05) is 0 Å². The maximum absolute atomic E-state index is 13.6. The van der Waals surface area contributed by atoms with Gasteiger partial charge in [0.1, 0.15) is 6.10 Å². The van der Waals surface area contributed by atoms with E-state index in [0.717, 1.165) is 12.1 Å². The molecule has 1 fully saturated rings. The van der Waals surface area contributed by atoms with Crippen molar-refractivity contribution in [1.29, 1.82) is 0 Å². The van der Waals surface area contributed by atoms with Gasteiger partial charge in [0, 0.05) is 6.42 Å². The van der Waals surface area contributed by atoms with Crippen molar-refractivity contribution >= 4 is 12.0 Å². The second-order valence-corrected chi connectivity index (χ2v) is 5.57. The van der Waals surface area contributed by atoms with Crippen molar-refractivity contribution in [2.24, 2.45) is 0 Å². The molecule has 2 unspecified atom stereocenters. The predicted octanol–water partition coefficient (Wildman–Crippen LogP) is 3.80. The summed E-state index contributed by atoms with van der Waals surface area (Å²) in [6.45, 7) is 4.97. The number of carbonyl (C=O) groups is 1. The predicted molar refractivity (Wildman–Crippen MR) is 85.4 cm³/mol. The number of ether oxygens (including phenoxy) is 3. The Labute approximate surface area is 140 Å². The number of allylic oxidation sites excluding steroid dienone is 1. The lowest BCUT2D eigenvalue weighted by Crippen LogP contribution is -2.08. The Morgan fingerprint density at radius 2 is 2.12 bits per heavy atom. The Morgan fingerprint density at radius 3 is 2.79 bits per heavy atom. The number of esters is 1. The molecular weight excluding hydrogens is 318 g/mol. The van der Waals surface area contributed by atoms with Crippen LogP contribution in [0.4, 0.5) is 8.78 Å². The molecule has 2 rings (SSSR count). The maximum Gasteiger partial charge on any atom is 0.306 e. The summed E-state index contributed by atoms with van der Waals surface area (Å²) in [5.74, 6) is -2.11. The maximum atomic E-state index is 13.6. The summed E-state index contributed by atoms with van der Waals surface area (Å²) in [5.41, 5.74) is 1.09. The van der Waals surface area contributed by atoms with Gasteiger partial charge in [0.15, 0.2) is 11.6 Å². The van der Waals surface area contributed by atoms with E-state index in [1.54, 1.807) is 26.0 Å². The van der Waals surface area contributed by atoms with E-state index in [4.69, 9.17) is 14.2 Å². The van der Waals surface area contributed by atoms with Crippen molar-refractivity contribution in [2.45, 2.75) is 38.9 Å². The largest absolute Gasteiger partial charge is 0.466 e. The molecule has 0 radical (unpaired) electrons. The molecule has 4 nitrogen and oxygen atoms in total. The van der Waals surface area contributed by atoms with Crippen molar-refractivity contribution in [3.8, 4) is 0 Å². The number of epoxide rings is 1. The summed E-state index contributed by atoms with van der Waals surface area (Å²) in [4.78, 5) is 11.3. The lowest BCUT2D eigenvalue weighted by Gasteiger charge is -2.16. The SMILES string of the molecule is CCOC(=O)CC/C=C/c1cc(F)c(F)cc1C(C)OCC1CO1. The zero-order valence-electron chi connectivity index (χ0n) is 13.9. The van der Waals surface area contributed by atoms with Gasteiger partial charge in [0.25, 0.3) is 0 Å². The summed E-state index contributed by atoms with van der Waals surface area (Å²) in [7, 11) is 0. The molecule has 1 aromatic carbocycles. The van der Waals surface area contributed by atoms with Crippen LogP contribution >= 0.6 is 0 Å². The average molecular weight is 340 g/mol. The fourth-order valence-electron chi connectivity index (χ4n) is 2.22. The zero-order valence-corrected chi connectivity index (χ0v) is 13.9. The summed E-state index contributed by atoms with van der Waals surface area (Å²) < 4.78 is 42.7. The van der Waals surface area contributed by atoms with E-state index in [9.17, 15) is 13.6 Å². The smallest absolute Gasteiger partial charge is 0.306 e. The Hall–Kier alpha value is -1.79. The normalized spacial score (nSPS) is 17.9. The van der Waals surface area contributed by atoms with E-state index in [-0.39, 0.29) is 18.5 Å². The molecule has 0 N–H and O–H groups in total. The molecule has 24 heavy (non-hydrogen) atoms. The minimum atomic E-state index is -0.915. The van der Waals surface area contributed by atoms with Crippen LogP contribution in [0.15, 0.2) is 18.2 Å². The topological polar surface area (TPSA) is 48.1 Å². The van der Waals surface area contributed by atoms with E-state index >= 15 is 0 Å². The molecule has 0 amide bonds. The summed E-state index contributed by atoms with van der Waals surface area (Å²) >= 11 is 0. The van der Waals surface area contributed by atoms with Gasteiger partial charge < -0.3 is 14.2 Å². The lowest BCUT2D eigenvalue weighted by atomic mass is 10.0. The van der Waals surface area contributed by atoms with Crippen LogP contribution in [0.2, 0.25) is 0 Å². The average Bonchev–Trinajstić information content (AvgIpc) is 3.36. The van der Waals surface area contributed by atoms with E-state index in [2.05, 4.69) is 0 Å². The van der Waals surface area contributed by atoms with Crippen LogP contribution in [0.1, 0.15) is 43.9 Å². The fraction of sp³-hybridized carbons (Fsp3) is 0.500. The number of carbonyl (C=O) groups excluding carboxylic acids is 1. The molecule has 2 atom stereocenters. The molecule has 0 aromatic heterocycles. The molecular formula is C18H22F2O4. The monoisotopic (exact) mass is 340 g/mol. The van der Waals surface area contributed by atoms with Gasteiger partial charge in [-0.25, -0.2) is 8.78 Å². The third-order valence-corrected chi connectivity index (χ3v) is 3.62. The van der Waals surface area contributed by atoms with Gasteiger partial charge in [-0.2, -0.15) is 0 Å². The highest BCUT2D eigenvalue weighted by Crippen LogP contribution is 2.26. The molecule has 1 heterocycles. The van der Waals surface area contributed by atoms with Gasteiger partial charge >= 0.3 is 5.97 Å². The highest BCUT2D eigenvalue weighted by Gasteiger charge is 2.24. The lowest BCUT2D eigenvalue weighted by molar-refractivity contribution is -0.142. The first kappa shape index (κ1) is 18.5. The molecule has 0 aliphatic carbocycles. The van der Waals surface area contributed by atoms with Crippen LogP contribution in [0.3, 0.4) is 0 Å². The first-order chi connectivity index (χ1) is 11.5. The van der Waals surface area contributed by atoms with Crippen molar-refractivity contribution in [3.63, 3.8) is 0 Å². The Morgan fingerprint density at radius 1 is 1.42 bits per heavy atom. The number of halogens is 2. The van der Waals surface area contributed by atoms with Crippen LogP contribution in [-0.4, -0.2) is 31.9 Å². The minimum absolute atomic E-state index is 0.0984. The third-order valence-electron chi connectivity index (χ3n) is 3.62. The van der Waals surface area contributed by atoms with Gasteiger partial charge in [-0.3, -0.25) is 4.79 Å². The van der Waals surface area contributed by atoms with Crippen LogP contribution in [-0.2, 0) is 19.0 Å². The molecule has 6 heteroatoms. The molecule has 0 spiro atoms. The van der Waals surface area contributed by atoms with Gasteiger partial charge in [-0.05, 0) is 43.5 Å². The van der Waals surface area contributed by atoms with Crippen LogP contribution < -0.4 is 0 Å². The number of benzene rings is 1. The Bertz CT molecular complexity index is 597. The summed E-state index contributed by atoms with van der Waals surface area (Å²) in [6, 6.07) is 2.29. The molecule has 0 saturated carbocycles. The fourth-order valence-corrected chi connectivity index (χ4v) is 2.22. The Balaban J connectivity index is 2.02. The second-order valence-electron chi connectivity index (χ2n) is 5.57. The molecule has 0 bridgehead atoms. The molecule has 1 aromatic rings. The highest BCUT2D eigenvalue weighted by molar-refractivity contribution is 5.69. The minimum Gasteiger partial charge on any atom is -0.466 e. The van der Waals surface area contributed by atoms with E-state index < -0.39 is 17.7 Å². The molecule has 1 aliphatic rings. The number of hydrogen-bond donors (Lipinski definition) is 0. The van der Waals surface area contributed by atoms with E-state index in [0.29, 0.717) is 37.4 Å². The zero-order chi connectivity index (χ0) is 17.5. The Kier molecular flexibility index (Phi) is 6.87. The molecule has 132 valence electrons. The first-order valence-electron chi connectivity index (χ1n) is 8.05. The van der Waals surface area contributed by atoms with Crippen LogP contribution in [0, 0.1) is 11.6 Å². The number of rotatable bonds is 9. The van der Waals surface area contributed by atoms with Gasteiger partial charge in [-0.15, -0.1) is 0 Å². The van der Waals surface area contributed by atoms with Crippen LogP contribution in [0.5, 0.6) is 0 Å². The van der Waals surface area contributed by atoms with Crippen molar-refractivity contribution < 1.29 is 27.8 Å². The third kappa shape index (κ3) is 5.69. The standard InChI is InChI=1S/C18H22F2O4/c1-3-22-18(21)7-5-4-6-13-8-16(19)17(20)9-15(13)12(2)23-10-14-11-24-14/h4,6,8-9,12,14H,3,5,7,10-11H2,1-2H3/b6-4+. The quantitative estimate of drug-likeness (QED) is 0.507. The first-order valence-corrected chi connectivity index (χ1v) is 8.05. The number of hydrogen-bond acceptors (Lipinski definition) is 4. The van der Waals surface area contributed by atoms with Crippen molar-refractivity contribution in [2.75, 3.05) is 19.8 Å². The van der Waals surface area contributed by atoms with Gasteiger partial charge in [0.2, 0.25) is 0 Å². The molecule has 1 aliphatic heterocycles. The van der Waals surface area contributed by atoms with Gasteiger partial charge in [0.05, 0.1) is 25.9 Å². The summed E-state index contributed by atoms with van der Waals surface area (Å²) in [6.07, 6.45) is 3.82. The van der Waals surface area contributed by atoms with Crippen molar-refractivity contribution in [1.82, 2.24) is 0 Å².